The third kappa shape index (κ3) is 5.72. The number of halogens is 2. The Morgan fingerprint density at radius 2 is 1.59 bits per heavy atom. The molecule has 5 rings (SSSR count). The second-order valence-electron chi connectivity index (χ2n) is 8.49. The van der Waals surface area contributed by atoms with E-state index in [0.29, 0.717) is 33.6 Å². The van der Waals surface area contributed by atoms with Crippen molar-refractivity contribution in [3.63, 3.8) is 0 Å². The molecule has 10 heteroatoms. The molecule has 2 N–H and O–H groups in total. The van der Waals surface area contributed by atoms with Gasteiger partial charge < -0.3 is 15.1 Å². The van der Waals surface area contributed by atoms with Gasteiger partial charge in [0.15, 0.2) is 5.11 Å². The molecule has 6 nitrogen and oxygen atoms in total. The zero-order chi connectivity index (χ0) is 25.9. The summed E-state index contributed by atoms with van der Waals surface area (Å²) < 4.78 is 0.836. The number of nitrogens with zero attached hydrogens (tertiary/aromatic N) is 2. The molecule has 0 radical (unpaired) electrons. The summed E-state index contributed by atoms with van der Waals surface area (Å²) in [4.78, 5) is 30.0. The minimum Gasteiger partial charge on any atom is -0.368 e. The minimum absolute atomic E-state index is 0.0658. The molecule has 188 valence electrons. The van der Waals surface area contributed by atoms with Crippen LogP contribution in [0.25, 0.3) is 10.1 Å². The van der Waals surface area contributed by atoms with E-state index in [9.17, 15) is 9.59 Å². The number of rotatable bonds is 4. The van der Waals surface area contributed by atoms with E-state index < -0.39 is 0 Å². The fraction of sp³-hybridized carbons (Fsp3) is 0.148. The number of carbonyl (C=O) groups excluding carboxylic acids is 2. The van der Waals surface area contributed by atoms with E-state index in [-0.39, 0.29) is 16.9 Å². The van der Waals surface area contributed by atoms with Gasteiger partial charge in [-0.3, -0.25) is 14.9 Å². The quantitative estimate of drug-likeness (QED) is 0.283. The topological polar surface area (TPSA) is 64.7 Å². The van der Waals surface area contributed by atoms with E-state index in [1.165, 1.54) is 11.3 Å². The van der Waals surface area contributed by atoms with Gasteiger partial charge in [0, 0.05) is 58.2 Å². The maximum absolute atomic E-state index is 12.8. The molecule has 0 spiro atoms. The largest absolute Gasteiger partial charge is 0.368 e. The van der Waals surface area contributed by atoms with Crippen LogP contribution in [-0.2, 0) is 0 Å². The molecule has 1 aliphatic rings. The van der Waals surface area contributed by atoms with Gasteiger partial charge in [0.25, 0.3) is 11.8 Å². The molecule has 1 aromatic heterocycles. The molecule has 37 heavy (non-hydrogen) atoms. The Kier molecular flexibility index (Phi) is 7.62. The molecular weight excluding hydrogens is 547 g/mol. The third-order valence-corrected chi connectivity index (χ3v) is 8.20. The predicted octanol–water partition coefficient (Wildman–Crippen LogP) is 6.30. The van der Waals surface area contributed by atoms with Crippen LogP contribution in [0.5, 0.6) is 0 Å². The summed E-state index contributed by atoms with van der Waals surface area (Å²) in [5.74, 6) is -0.310. The Labute approximate surface area is 233 Å². The normalized spacial score (nSPS) is 13.5. The Balaban J connectivity index is 1.15. The van der Waals surface area contributed by atoms with Crippen molar-refractivity contribution in [2.24, 2.45) is 0 Å². The van der Waals surface area contributed by atoms with Gasteiger partial charge in [-0.05, 0) is 60.7 Å². The number of amides is 2. The third-order valence-electron chi connectivity index (χ3n) is 6.10. The van der Waals surface area contributed by atoms with Crippen molar-refractivity contribution < 1.29 is 9.59 Å². The monoisotopic (exact) mass is 568 g/mol. The van der Waals surface area contributed by atoms with Crippen LogP contribution in [0.1, 0.15) is 20.0 Å². The fourth-order valence-corrected chi connectivity index (χ4v) is 6.09. The maximum atomic E-state index is 12.8. The van der Waals surface area contributed by atoms with Crippen LogP contribution in [0.3, 0.4) is 0 Å². The Hall–Kier alpha value is -3.17. The Morgan fingerprint density at radius 1 is 0.892 bits per heavy atom. The number of thiocarbonyl (C=S) groups is 1. The minimum atomic E-state index is -0.376. The number of fused-ring (bicyclic) bond motifs is 1. The van der Waals surface area contributed by atoms with Gasteiger partial charge >= 0.3 is 0 Å². The zero-order valence-electron chi connectivity index (χ0n) is 19.5. The number of anilines is 2. The summed E-state index contributed by atoms with van der Waals surface area (Å²) in [6, 6.07) is 22.5. The molecule has 1 aliphatic heterocycles. The van der Waals surface area contributed by atoms with Gasteiger partial charge in [0.05, 0.1) is 5.02 Å². The SMILES string of the molecule is O=C(NC(=S)Nc1ccc(N2CCN(C(=O)c3ccccc3)CC2)cc1)c1sc2cc(Cl)ccc2c1Cl. The molecule has 4 aromatic rings. The summed E-state index contributed by atoms with van der Waals surface area (Å²) in [6.45, 7) is 2.83. The Morgan fingerprint density at radius 3 is 2.30 bits per heavy atom. The van der Waals surface area contributed by atoms with Crippen LogP contribution in [0.4, 0.5) is 11.4 Å². The van der Waals surface area contributed by atoms with Gasteiger partial charge in [0.2, 0.25) is 0 Å². The van der Waals surface area contributed by atoms with E-state index in [0.717, 1.165) is 34.6 Å². The predicted molar refractivity (Wildman–Crippen MR) is 157 cm³/mol. The van der Waals surface area contributed by atoms with E-state index >= 15 is 0 Å². The Bertz CT molecular complexity index is 1470. The number of benzene rings is 3. The second-order valence-corrected chi connectivity index (χ2v) is 10.8. The van der Waals surface area contributed by atoms with Crippen LogP contribution < -0.4 is 15.5 Å². The highest BCUT2D eigenvalue weighted by atomic mass is 35.5. The van der Waals surface area contributed by atoms with Crippen molar-refractivity contribution >= 4 is 85.1 Å². The second kappa shape index (κ2) is 11.1. The van der Waals surface area contributed by atoms with E-state index in [2.05, 4.69) is 15.5 Å². The van der Waals surface area contributed by atoms with Crippen LogP contribution >= 0.6 is 46.8 Å². The highest BCUT2D eigenvalue weighted by molar-refractivity contribution is 7.80. The van der Waals surface area contributed by atoms with Crippen LogP contribution in [0, 0.1) is 0 Å². The lowest BCUT2D eigenvalue weighted by Crippen LogP contribution is -2.48. The lowest BCUT2D eigenvalue weighted by atomic mass is 10.1. The standard InChI is InChI=1S/C27H22Cl2N4O2S2/c28-18-6-11-21-22(16-18)37-24(23(21)29)25(34)31-27(36)30-19-7-9-20(10-8-19)32-12-14-33(15-13-32)26(35)17-4-2-1-3-5-17/h1-11,16H,12-15H2,(H2,30,31,34,36). The first kappa shape index (κ1) is 25.5. The summed E-state index contributed by atoms with van der Waals surface area (Å²) in [5, 5.41) is 7.66. The number of hydrogen-bond donors (Lipinski definition) is 2. The van der Waals surface area contributed by atoms with Crippen molar-refractivity contribution in [3.05, 3.63) is 93.3 Å². The molecule has 0 bridgehead atoms. The summed E-state index contributed by atoms with van der Waals surface area (Å²) in [5.41, 5.74) is 2.53. The maximum Gasteiger partial charge on any atom is 0.269 e. The number of hydrogen-bond acceptors (Lipinski definition) is 5. The lowest BCUT2D eigenvalue weighted by molar-refractivity contribution is 0.0746. The van der Waals surface area contributed by atoms with Gasteiger partial charge in [-0.1, -0.05) is 47.5 Å². The summed E-state index contributed by atoms with van der Waals surface area (Å²) in [6.07, 6.45) is 0. The number of piperazine rings is 1. The van der Waals surface area contributed by atoms with Crippen molar-refractivity contribution in [2.75, 3.05) is 36.4 Å². The number of thiophene rings is 1. The van der Waals surface area contributed by atoms with E-state index in [4.69, 9.17) is 35.4 Å². The average Bonchev–Trinajstić information content (AvgIpc) is 3.24. The smallest absolute Gasteiger partial charge is 0.269 e. The van der Waals surface area contributed by atoms with E-state index in [1.54, 1.807) is 18.2 Å². The molecule has 2 amide bonds. The molecule has 1 saturated heterocycles. The van der Waals surface area contributed by atoms with Gasteiger partial charge in [-0.2, -0.15) is 0 Å². The first-order valence-corrected chi connectivity index (χ1v) is 13.6. The first-order valence-electron chi connectivity index (χ1n) is 11.6. The van der Waals surface area contributed by atoms with Crippen LogP contribution in [0.15, 0.2) is 72.8 Å². The molecule has 0 aliphatic carbocycles. The highest BCUT2D eigenvalue weighted by Gasteiger charge is 2.22. The van der Waals surface area contributed by atoms with Crippen molar-refractivity contribution in [1.29, 1.82) is 0 Å². The molecule has 1 fully saturated rings. The van der Waals surface area contributed by atoms with Crippen molar-refractivity contribution in [1.82, 2.24) is 10.2 Å². The molecule has 0 atom stereocenters. The van der Waals surface area contributed by atoms with Crippen molar-refractivity contribution in [3.8, 4) is 0 Å². The van der Waals surface area contributed by atoms with E-state index in [1.807, 2.05) is 59.5 Å². The first-order chi connectivity index (χ1) is 17.9. The average molecular weight is 570 g/mol. The summed E-state index contributed by atoms with van der Waals surface area (Å²) >= 11 is 19.1. The lowest BCUT2D eigenvalue weighted by Gasteiger charge is -2.36. The highest BCUT2D eigenvalue weighted by Crippen LogP contribution is 2.36. The molecule has 0 unspecified atom stereocenters. The fourth-order valence-electron chi connectivity index (χ4n) is 4.19. The summed E-state index contributed by atoms with van der Waals surface area (Å²) in [7, 11) is 0. The van der Waals surface area contributed by atoms with Gasteiger partial charge in [-0.25, -0.2) is 0 Å². The molecule has 3 aromatic carbocycles. The zero-order valence-corrected chi connectivity index (χ0v) is 22.7. The van der Waals surface area contributed by atoms with Crippen LogP contribution in [-0.4, -0.2) is 48.0 Å². The molecule has 2 heterocycles. The molecular formula is C27H22Cl2N4O2S2. The van der Waals surface area contributed by atoms with Gasteiger partial charge in [0.1, 0.15) is 4.88 Å². The van der Waals surface area contributed by atoms with Crippen LogP contribution in [0.2, 0.25) is 10.0 Å². The van der Waals surface area contributed by atoms with Gasteiger partial charge in [-0.15, -0.1) is 11.3 Å². The molecule has 0 saturated carbocycles. The number of carbonyl (C=O) groups is 2. The number of nitrogens with one attached hydrogen (secondary N) is 2. The van der Waals surface area contributed by atoms with Crippen molar-refractivity contribution in [2.45, 2.75) is 0 Å².